The van der Waals surface area contributed by atoms with Gasteiger partial charge in [0.25, 0.3) is 5.91 Å². The van der Waals surface area contributed by atoms with Gasteiger partial charge in [-0.3, -0.25) is 10.1 Å². The van der Waals surface area contributed by atoms with Crippen LogP contribution in [-0.4, -0.2) is 55.1 Å². The number of rotatable bonds is 5. The van der Waals surface area contributed by atoms with E-state index in [1.165, 1.54) is 28.6 Å². The van der Waals surface area contributed by atoms with E-state index in [9.17, 15) is 13.2 Å². The van der Waals surface area contributed by atoms with Gasteiger partial charge in [-0.1, -0.05) is 12.0 Å². The maximum atomic E-state index is 12.9. The molecule has 3 aromatic rings. The van der Waals surface area contributed by atoms with Crippen molar-refractivity contribution in [1.29, 1.82) is 0 Å². The van der Waals surface area contributed by atoms with Crippen molar-refractivity contribution in [2.24, 2.45) is 5.92 Å². The number of sulfonamides is 1. The van der Waals surface area contributed by atoms with E-state index in [2.05, 4.69) is 15.5 Å². The van der Waals surface area contributed by atoms with Gasteiger partial charge in [0.05, 0.1) is 4.90 Å². The zero-order valence-electron chi connectivity index (χ0n) is 18.6. The maximum Gasteiger partial charge on any atom is 0.322 e. The van der Waals surface area contributed by atoms with Gasteiger partial charge in [0.2, 0.25) is 15.9 Å². The fourth-order valence-corrected chi connectivity index (χ4v) is 5.63. The molecule has 0 spiro atoms. The molecule has 11 heteroatoms. The second-order valence-corrected chi connectivity index (χ2v) is 10.3. The highest BCUT2D eigenvalue weighted by atomic mass is 32.2. The minimum atomic E-state index is -3.59. The van der Waals surface area contributed by atoms with Crippen molar-refractivity contribution in [3.8, 4) is 23.0 Å². The molecule has 178 valence electrons. The Labute approximate surface area is 196 Å². The van der Waals surface area contributed by atoms with Crippen LogP contribution in [0.15, 0.2) is 51.8 Å². The smallest absolute Gasteiger partial charge is 0.322 e. The van der Waals surface area contributed by atoms with Crippen LogP contribution in [0.2, 0.25) is 0 Å². The van der Waals surface area contributed by atoms with Crippen LogP contribution in [0.5, 0.6) is 11.5 Å². The van der Waals surface area contributed by atoms with Crippen molar-refractivity contribution >= 4 is 21.9 Å². The summed E-state index contributed by atoms with van der Waals surface area (Å²) in [7, 11) is -3.59. The number of hydrogen-bond acceptors (Lipinski definition) is 8. The van der Waals surface area contributed by atoms with Gasteiger partial charge >= 0.3 is 6.01 Å². The maximum absolute atomic E-state index is 12.9. The van der Waals surface area contributed by atoms with Crippen LogP contribution >= 0.6 is 0 Å². The molecular weight excluding hydrogens is 460 g/mol. The molecule has 34 heavy (non-hydrogen) atoms. The molecule has 2 aromatic carbocycles. The SMILES string of the molecule is CC1CCCN(S(=O)(=O)c2ccc(C(=O)Nc3nnc(-c4ccc5c(c4)OCCO5)o3)cc2)C1. The number of aromatic nitrogens is 2. The zero-order chi connectivity index (χ0) is 23.7. The van der Waals surface area contributed by atoms with Crippen molar-refractivity contribution in [3.05, 3.63) is 48.0 Å². The summed E-state index contributed by atoms with van der Waals surface area (Å²) in [6.45, 7) is 4.02. The molecule has 1 fully saturated rings. The van der Waals surface area contributed by atoms with E-state index in [4.69, 9.17) is 13.9 Å². The molecule has 1 unspecified atom stereocenters. The van der Waals surface area contributed by atoms with Crippen LogP contribution in [-0.2, 0) is 10.0 Å². The molecule has 0 bridgehead atoms. The fourth-order valence-electron chi connectivity index (χ4n) is 4.03. The van der Waals surface area contributed by atoms with Crippen LogP contribution in [0.1, 0.15) is 30.1 Å². The molecule has 1 amide bonds. The topological polar surface area (TPSA) is 124 Å². The molecule has 0 saturated carbocycles. The van der Waals surface area contributed by atoms with E-state index >= 15 is 0 Å². The number of nitrogens with zero attached hydrogens (tertiary/aromatic N) is 3. The largest absolute Gasteiger partial charge is 0.486 e. The zero-order valence-corrected chi connectivity index (χ0v) is 19.4. The Morgan fingerprint density at radius 3 is 2.59 bits per heavy atom. The Morgan fingerprint density at radius 2 is 1.82 bits per heavy atom. The first-order valence-corrected chi connectivity index (χ1v) is 12.5. The quantitative estimate of drug-likeness (QED) is 0.586. The first-order valence-electron chi connectivity index (χ1n) is 11.1. The highest BCUT2D eigenvalue weighted by Gasteiger charge is 2.28. The van der Waals surface area contributed by atoms with Gasteiger partial charge in [-0.05, 0) is 61.2 Å². The Morgan fingerprint density at radius 1 is 1.06 bits per heavy atom. The Kier molecular flexibility index (Phi) is 5.96. The lowest BCUT2D eigenvalue weighted by Crippen LogP contribution is -2.39. The third-order valence-electron chi connectivity index (χ3n) is 5.81. The predicted octanol–water partition coefficient (Wildman–Crippen LogP) is 3.18. The van der Waals surface area contributed by atoms with Gasteiger partial charge in [0.1, 0.15) is 13.2 Å². The van der Waals surface area contributed by atoms with E-state index in [-0.39, 0.29) is 22.4 Å². The standard InChI is InChI=1S/C23H24N4O6S/c1-15-3-2-10-27(14-15)34(29,30)18-7-4-16(5-8-18)21(28)24-23-26-25-22(33-23)17-6-9-19-20(13-17)32-12-11-31-19/h4-9,13,15H,2-3,10-12,14H2,1H3,(H,24,26,28). The van der Waals surface area contributed by atoms with E-state index in [1.54, 1.807) is 18.2 Å². The van der Waals surface area contributed by atoms with Crippen LogP contribution in [0, 0.1) is 5.92 Å². The highest BCUT2D eigenvalue weighted by Crippen LogP contribution is 2.34. The molecule has 1 aromatic heterocycles. The third-order valence-corrected chi connectivity index (χ3v) is 7.69. The van der Waals surface area contributed by atoms with E-state index < -0.39 is 15.9 Å². The third kappa shape index (κ3) is 4.48. The van der Waals surface area contributed by atoms with Crippen molar-refractivity contribution in [1.82, 2.24) is 14.5 Å². The predicted molar refractivity (Wildman–Crippen MR) is 122 cm³/mol. The first-order chi connectivity index (χ1) is 16.4. The Hall–Kier alpha value is -3.44. The Balaban J connectivity index is 1.27. The van der Waals surface area contributed by atoms with Gasteiger partial charge in [0, 0.05) is 24.2 Å². The number of amides is 1. The van der Waals surface area contributed by atoms with Crippen molar-refractivity contribution < 1.29 is 27.1 Å². The first kappa shape index (κ1) is 22.4. The van der Waals surface area contributed by atoms with Gasteiger partial charge in [0.15, 0.2) is 11.5 Å². The number of fused-ring (bicyclic) bond motifs is 1. The summed E-state index contributed by atoms with van der Waals surface area (Å²) in [5, 5.41) is 10.4. The van der Waals surface area contributed by atoms with Gasteiger partial charge < -0.3 is 13.9 Å². The molecule has 1 atom stereocenters. The van der Waals surface area contributed by atoms with Crippen molar-refractivity contribution in [3.63, 3.8) is 0 Å². The monoisotopic (exact) mass is 484 g/mol. The van der Waals surface area contributed by atoms with Crippen molar-refractivity contribution in [2.75, 3.05) is 31.6 Å². The minimum absolute atomic E-state index is 0.0751. The average molecular weight is 485 g/mol. The Bertz CT molecular complexity index is 1310. The van der Waals surface area contributed by atoms with Crippen LogP contribution in [0.25, 0.3) is 11.5 Å². The molecular formula is C23H24N4O6S. The molecule has 0 radical (unpaired) electrons. The van der Waals surface area contributed by atoms with E-state index in [0.29, 0.717) is 49.3 Å². The number of hydrogen-bond donors (Lipinski definition) is 1. The lowest BCUT2D eigenvalue weighted by molar-refractivity contribution is 0.102. The fraction of sp³-hybridized carbons (Fsp3) is 0.348. The summed E-state index contributed by atoms with van der Waals surface area (Å²) >= 11 is 0. The van der Waals surface area contributed by atoms with E-state index in [0.717, 1.165) is 12.8 Å². The lowest BCUT2D eigenvalue weighted by atomic mass is 10.0. The average Bonchev–Trinajstić information content (AvgIpc) is 3.32. The number of benzene rings is 2. The number of carbonyl (C=O) groups excluding carboxylic acids is 1. The molecule has 5 rings (SSSR count). The van der Waals surface area contributed by atoms with Gasteiger partial charge in [-0.15, -0.1) is 5.10 Å². The van der Waals surface area contributed by atoms with Gasteiger partial charge in [-0.25, -0.2) is 8.42 Å². The summed E-state index contributed by atoms with van der Waals surface area (Å²) in [4.78, 5) is 12.8. The number of carbonyl (C=O) groups is 1. The minimum Gasteiger partial charge on any atom is -0.486 e. The molecule has 2 aliphatic rings. The summed E-state index contributed by atoms with van der Waals surface area (Å²) in [5.74, 6) is 1.28. The summed E-state index contributed by atoms with van der Waals surface area (Å²) in [5.41, 5.74) is 0.892. The van der Waals surface area contributed by atoms with Gasteiger partial charge in [-0.2, -0.15) is 4.31 Å². The van der Waals surface area contributed by atoms with Crippen LogP contribution < -0.4 is 14.8 Å². The lowest BCUT2D eigenvalue weighted by Gasteiger charge is -2.30. The summed E-state index contributed by atoms with van der Waals surface area (Å²) in [6, 6.07) is 11.0. The molecule has 1 saturated heterocycles. The van der Waals surface area contributed by atoms with Crippen molar-refractivity contribution in [2.45, 2.75) is 24.7 Å². The normalized spacial score (nSPS) is 18.4. The second kappa shape index (κ2) is 9.07. The van der Waals surface area contributed by atoms with Crippen LogP contribution in [0.4, 0.5) is 6.01 Å². The van der Waals surface area contributed by atoms with Crippen LogP contribution in [0.3, 0.4) is 0 Å². The van der Waals surface area contributed by atoms with E-state index in [1.807, 2.05) is 6.92 Å². The number of ether oxygens (including phenoxy) is 2. The molecule has 0 aliphatic carbocycles. The number of anilines is 1. The molecule has 2 aliphatic heterocycles. The molecule has 10 nitrogen and oxygen atoms in total. The highest BCUT2D eigenvalue weighted by molar-refractivity contribution is 7.89. The molecule has 1 N–H and O–H groups in total. The number of nitrogens with one attached hydrogen (secondary N) is 1. The number of piperidine rings is 1. The summed E-state index contributed by atoms with van der Waals surface area (Å²) < 4.78 is 44.0. The molecule has 3 heterocycles. The summed E-state index contributed by atoms with van der Waals surface area (Å²) in [6.07, 6.45) is 1.87. The second-order valence-electron chi connectivity index (χ2n) is 8.36.